The molecule has 2 aromatic carbocycles. The molecule has 0 radical (unpaired) electrons. The molecule has 0 aliphatic carbocycles. The monoisotopic (exact) mass is 303 g/mol. The zero-order valence-electron chi connectivity index (χ0n) is 11.7. The topological polar surface area (TPSA) is 63.2 Å². The van der Waals surface area contributed by atoms with Crippen LogP contribution in [-0.2, 0) is 21.2 Å². The van der Waals surface area contributed by atoms with Crippen LogP contribution in [0.15, 0.2) is 59.5 Å². The summed E-state index contributed by atoms with van der Waals surface area (Å²) in [7, 11) is -3.58. The van der Waals surface area contributed by atoms with Gasteiger partial charge in [-0.2, -0.15) is 0 Å². The maximum absolute atomic E-state index is 12.0. The van der Waals surface area contributed by atoms with Crippen LogP contribution in [0.1, 0.15) is 11.1 Å². The average molecular weight is 303 g/mol. The summed E-state index contributed by atoms with van der Waals surface area (Å²) in [5, 5.41) is 2.63. The second kappa shape index (κ2) is 6.54. The Morgan fingerprint density at radius 2 is 1.62 bits per heavy atom. The molecular weight excluding hydrogens is 286 g/mol. The molecule has 0 aliphatic rings. The van der Waals surface area contributed by atoms with Crippen LogP contribution >= 0.6 is 0 Å². The van der Waals surface area contributed by atoms with E-state index >= 15 is 0 Å². The Labute approximate surface area is 124 Å². The fourth-order valence-corrected chi connectivity index (χ4v) is 3.03. The highest BCUT2D eigenvalue weighted by molar-refractivity contribution is 7.92. The second-order valence-electron chi connectivity index (χ2n) is 4.83. The maximum atomic E-state index is 12.0. The number of amides is 1. The largest absolute Gasteiger partial charge is 0.351 e. The zero-order valence-corrected chi connectivity index (χ0v) is 12.6. The van der Waals surface area contributed by atoms with E-state index in [2.05, 4.69) is 5.32 Å². The molecule has 0 fully saturated rings. The van der Waals surface area contributed by atoms with E-state index in [4.69, 9.17) is 0 Å². The molecule has 0 aromatic heterocycles. The number of carbonyl (C=O) groups is 1. The Morgan fingerprint density at radius 1 is 1.00 bits per heavy atom. The summed E-state index contributed by atoms with van der Waals surface area (Å²) in [6, 6.07) is 15.7. The van der Waals surface area contributed by atoms with Crippen molar-refractivity contribution in [3.63, 3.8) is 0 Å². The summed E-state index contributed by atoms with van der Waals surface area (Å²) in [5.74, 6) is -1.04. The van der Waals surface area contributed by atoms with Crippen molar-refractivity contribution in [3.8, 4) is 0 Å². The first kappa shape index (κ1) is 15.3. The van der Waals surface area contributed by atoms with Gasteiger partial charge < -0.3 is 5.32 Å². The summed E-state index contributed by atoms with van der Waals surface area (Å²) in [6.45, 7) is 2.30. The lowest BCUT2D eigenvalue weighted by molar-refractivity contribution is -0.118. The van der Waals surface area contributed by atoms with Crippen molar-refractivity contribution in [2.24, 2.45) is 0 Å². The Balaban J connectivity index is 1.94. The lowest BCUT2D eigenvalue weighted by Gasteiger charge is -2.07. The summed E-state index contributed by atoms with van der Waals surface area (Å²) >= 11 is 0. The number of hydrogen-bond acceptors (Lipinski definition) is 3. The first-order valence-electron chi connectivity index (χ1n) is 6.57. The van der Waals surface area contributed by atoms with Gasteiger partial charge in [0.1, 0.15) is 5.75 Å². The van der Waals surface area contributed by atoms with Gasteiger partial charge in [-0.1, -0.05) is 48.0 Å². The van der Waals surface area contributed by atoms with Crippen LogP contribution in [0, 0.1) is 6.92 Å². The van der Waals surface area contributed by atoms with E-state index in [1.54, 1.807) is 18.2 Å². The number of benzene rings is 2. The van der Waals surface area contributed by atoms with Gasteiger partial charge in [-0.25, -0.2) is 8.42 Å². The molecule has 2 rings (SSSR count). The molecule has 1 N–H and O–H groups in total. The minimum absolute atomic E-state index is 0.162. The standard InChI is InChI=1S/C16H17NO3S/c1-13-7-9-14(10-8-13)11-17-16(18)12-21(19,20)15-5-3-2-4-6-15/h2-10H,11-12H2,1H3,(H,17,18). The molecule has 2 aromatic rings. The highest BCUT2D eigenvalue weighted by Gasteiger charge is 2.18. The van der Waals surface area contributed by atoms with Gasteiger partial charge in [0, 0.05) is 6.54 Å². The minimum Gasteiger partial charge on any atom is -0.351 e. The first-order chi connectivity index (χ1) is 9.97. The van der Waals surface area contributed by atoms with Crippen LogP contribution in [0.3, 0.4) is 0 Å². The Kier molecular flexibility index (Phi) is 4.75. The number of nitrogens with one attached hydrogen (secondary N) is 1. The van der Waals surface area contributed by atoms with Crippen LogP contribution in [-0.4, -0.2) is 20.1 Å². The SMILES string of the molecule is Cc1ccc(CNC(=O)CS(=O)(=O)c2ccccc2)cc1. The third-order valence-electron chi connectivity index (χ3n) is 3.03. The van der Waals surface area contributed by atoms with Gasteiger partial charge >= 0.3 is 0 Å². The third kappa shape index (κ3) is 4.43. The number of sulfone groups is 1. The van der Waals surface area contributed by atoms with E-state index in [-0.39, 0.29) is 4.90 Å². The first-order valence-corrected chi connectivity index (χ1v) is 8.23. The van der Waals surface area contributed by atoms with Crippen molar-refractivity contribution in [2.75, 3.05) is 5.75 Å². The van der Waals surface area contributed by atoms with Crippen molar-refractivity contribution < 1.29 is 13.2 Å². The van der Waals surface area contributed by atoms with Crippen molar-refractivity contribution in [1.29, 1.82) is 0 Å². The van der Waals surface area contributed by atoms with Crippen LogP contribution in [0.5, 0.6) is 0 Å². The quantitative estimate of drug-likeness (QED) is 0.920. The molecule has 5 heteroatoms. The highest BCUT2D eigenvalue weighted by Crippen LogP contribution is 2.10. The molecule has 1 amide bonds. The summed E-state index contributed by atoms with van der Waals surface area (Å²) in [6.07, 6.45) is 0. The normalized spacial score (nSPS) is 11.1. The van der Waals surface area contributed by atoms with E-state index in [9.17, 15) is 13.2 Å². The van der Waals surface area contributed by atoms with Gasteiger partial charge in [-0.15, -0.1) is 0 Å². The molecular formula is C16H17NO3S. The Morgan fingerprint density at radius 3 is 2.24 bits per heavy atom. The molecule has 110 valence electrons. The van der Waals surface area contributed by atoms with Gasteiger partial charge in [0.25, 0.3) is 0 Å². The van der Waals surface area contributed by atoms with Gasteiger partial charge in [-0.05, 0) is 24.6 Å². The molecule has 0 spiro atoms. The molecule has 0 heterocycles. The number of carbonyl (C=O) groups excluding carboxylic acids is 1. The van der Waals surface area contributed by atoms with Crippen LogP contribution < -0.4 is 5.32 Å². The molecule has 0 atom stereocenters. The third-order valence-corrected chi connectivity index (χ3v) is 4.67. The zero-order chi connectivity index (χ0) is 15.3. The predicted octanol–water partition coefficient (Wildman–Crippen LogP) is 2.09. The number of hydrogen-bond donors (Lipinski definition) is 1. The molecule has 4 nitrogen and oxygen atoms in total. The fraction of sp³-hybridized carbons (Fsp3) is 0.188. The van der Waals surface area contributed by atoms with Crippen molar-refractivity contribution >= 4 is 15.7 Å². The van der Waals surface area contributed by atoms with Crippen molar-refractivity contribution in [1.82, 2.24) is 5.32 Å². The van der Waals surface area contributed by atoms with E-state index in [0.29, 0.717) is 6.54 Å². The van der Waals surface area contributed by atoms with E-state index in [1.807, 2.05) is 31.2 Å². The van der Waals surface area contributed by atoms with Gasteiger partial charge in [0.2, 0.25) is 5.91 Å². The molecule has 0 saturated heterocycles. The molecule has 0 saturated carbocycles. The Hall–Kier alpha value is -2.14. The van der Waals surface area contributed by atoms with Gasteiger partial charge in [-0.3, -0.25) is 4.79 Å². The number of aryl methyl sites for hydroxylation is 1. The van der Waals surface area contributed by atoms with E-state index in [0.717, 1.165) is 11.1 Å². The van der Waals surface area contributed by atoms with Crippen LogP contribution in [0.25, 0.3) is 0 Å². The molecule has 0 aliphatic heterocycles. The van der Waals surface area contributed by atoms with Gasteiger partial charge in [0.15, 0.2) is 9.84 Å². The van der Waals surface area contributed by atoms with Crippen LogP contribution in [0.2, 0.25) is 0 Å². The highest BCUT2D eigenvalue weighted by atomic mass is 32.2. The minimum atomic E-state index is -3.58. The molecule has 21 heavy (non-hydrogen) atoms. The maximum Gasteiger partial charge on any atom is 0.235 e. The Bertz CT molecular complexity index is 707. The molecule has 0 bridgehead atoms. The summed E-state index contributed by atoms with van der Waals surface area (Å²) in [4.78, 5) is 11.9. The number of rotatable bonds is 5. The predicted molar refractivity (Wildman–Crippen MR) is 81.5 cm³/mol. The van der Waals surface area contributed by atoms with E-state index in [1.165, 1.54) is 12.1 Å². The van der Waals surface area contributed by atoms with Gasteiger partial charge in [0.05, 0.1) is 4.90 Å². The smallest absolute Gasteiger partial charge is 0.235 e. The summed E-state index contributed by atoms with van der Waals surface area (Å²) < 4.78 is 24.1. The van der Waals surface area contributed by atoms with Crippen molar-refractivity contribution in [2.45, 2.75) is 18.4 Å². The van der Waals surface area contributed by atoms with E-state index < -0.39 is 21.5 Å². The lowest BCUT2D eigenvalue weighted by atomic mass is 10.1. The second-order valence-corrected chi connectivity index (χ2v) is 6.82. The molecule has 0 unspecified atom stereocenters. The lowest BCUT2D eigenvalue weighted by Crippen LogP contribution is -2.29. The fourth-order valence-electron chi connectivity index (χ4n) is 1.84. The van der Waals surface area contributed by atoms with Crippen molar-refractivity contribution in [3.05, 3.63) is 65.7 Å². The summed E-state index contributed by atoms with van der Waals surface area (Å²) in [5.41, 5.74) is 2.07. The average Bonchev–Trinajstić information content (AvgIpc) is 2.47. The van der Waals surface area contributed by atoms with Crippen LogP contribution in [0.4, 0.5) is 0 Å².